The minimum atomic E-state index is -3.94. The van der Waals surface area contributed by atoms with Crippen LogP contribution in [-0.4, -0.2) is 15.0 Å². The van der Waals surface area contributed by atoms with Crippen molar-refractivity contribution in [1.29, 1.82) is 0 Å². The molecule has 0 fully saturated rings. The molecular formula is C51H39N6OP. The second kappa shape index (κ2) is 16.9. The molecule has 0 spiro atoms. The summed E-state index contributed by atoms with van der Waals surface area (Å²) in [7, 11) is -3.94. The number of hydrogen-bond donors (Lipinski definition) is 0. The molecule has 0 aliphatic rings. The summed E-state index contributed by atoms with van der Waals surface area (Å²) in [5.41, 5.74) is 6.58. The summed E-state index contributed by atoms with van der Waals surface area (Å²) >= 11 is 0. The van der Waals surface area contributed by atoms with Crippen LogP contribution in [0.2, 0.25) is 0 Å². The average molecular weight is 783 g/mol. The van der Waals surface area contributed by atoms with E-state index in [0.29, 0.717) is 33.8 Å². The lowest BCUT2D eigenvalue weighted by Crippen LogP contribution is -2.32. The summed E-state index contributed by atoms with van der Waals surface area (Å²) in [5.74, 6) is 1.83. The van der Waals surface area contributed by atoms with E-state index in [2.05, 4.69) is 14.7 Å². The van der Waals surface area contributed by atoms with Crippen molar-refractivity contribution in [2.75, 3.05) is 14.7 Å². The first-order chi connectivity index (χ1) is 29.2. The number of rotatable bonds is 12. The Hall–Kier alpha value is -7.60. The molecule has 0 amide bonds. The van der Waals surface area contributed by atoms with Gasteiger partial charge < -0.3 is 4.57 Å². The van der Waals surface area contributed by atoms with Crippen molar-refractivity contribution in [3.63, 3.8) is 0 Å². The number of nitrogens with zero attached hydrogens (tertiary/aromatic N) is 6. The summed E-state index contributed by atoms with van der Waals surface area (Å²) in [6.45, 7) is 0. The number of benzene rings is 6. The molecule has 0 aliphatic heterocycles. The van der Waals surface area contributed by atoms with Crippen LogP contribution in [0.15, 0.2) is 237 Å². The predicted octanol–water partition coefficient (Wildman–Crippen LogP) is 11.9. The SMILES string of the molecule is O=P(c1cccc(N(c2ccccc2)c2ccccc2)n1)(c1cccc(N(c2ccccc2)c2ccccc2)n1)c1cccc(N(c2ccccc2)c2ccccc2)n1. The molecule has 59 heavy (non-hydrogen) atoms. The molecule has 0 atom stereocenters. The van der Waals surface area contributed by atoms with Gasteiger partial charge in [-0.25, -0.2) is 15.0 Å². The Balaban J connectivity index is 1.26. The fourth-order valence-electron chi connectivity index (χ4n) is 7.19. The van der Waals surface area contributed by atoms with Crippen LogP contribution >= 0.6 is 7.14 Å². The molecule has 0 aliphatic carbocycles. The summed E-state index contributed by atoms with van der Waals surface area (Å²) in [5, 5.41) is 0. The van der Waals surface area contributed by atoms with E-state index >= 15 is 4.57 Å². The monoisotopic (exact) mass is 782 g/mol. The number of hydrogen-bond acceptors (Lipinski definition) is 7. The minimum absolute atomic E-state index is 0.359. The summed E-state index contributed by atoms with van der Waals surface area (Å²) in [6, 6.07) is 77.5. The van der Waals surface area contributed by atoms with Gasteiger partial charge in [0.15, 0.2) is 0 Å². The van der Waals surface area contributed by atoms with Crippen LogP contribution in [0.25, 0.3) is 0 Å². The van der Waals surface area contributed by atoms with Gasteiger partial charge in [0, 0.05) is 34.1 Å². The van der Waals surface area contributed by atoms with Crippen LogP contribution in [0.4, 0.5) is 51.6 Å². The Bertz CT molecular complexity index is 2390. The third-order valence-electron chi connectivity index (χ3n) is 9.90. The van der Waals surface area contributed by atoms with Crippen LogP contribution in [0, 0.1) is 0 Å². The molecule has 0 saturated heterocycles. The first-order valence-corrected chi connectivity index (χ1v) is 21.1. The van der Waals surface area contributed by atoms with E-state index in [0.717, 1.165) is 34.1 Å². The van der Waals surface area contributed by atoms with Gasteiger partial charge in [-0.15, -0.1) is 0 Å². The van der Waals surface area contributed by atoms with Gasteiger partial charge in [-0.1, -0.05) is 127 Å². The Kier molecular flexibility index (Phi) is 10.6. The molecule has 8 heteroatoms. The molecule has 6 aromatic carbocycles. The van der Waals surface area contributed by atoms with Crippen LogP contribution < -0.4 is 31.0 Å². The first-order valence-electron chi connectivity index (χ1n) is 19.4. The highest BCUT2D eigenvalue weighted by Gasteiger charge is 2.36. The molecule has 9 aromatic rings. The van der Waals surface area contributed by atoms with E-state index in [1.54, 1.807) is 0 Å². The van der Waals surface area contributed by atoms with Gasteiger partial charge in [-0.3, -0.25) is 14.7 Å². The topological polar surface area (TPSA) is 65.5 Å². The molecule has 0 saturated carbocycles. The number of para-hydroxylation sites is 6. The van der Waals surface area contributed by atoms with Gasteiger partial charge in [-0.05, 0) is 109 Å². The third-order valence-corrected chi connectivity index (χ3v) is 12.6. The van der Waals surface area contributed by atoms with Crippen LogP contribution in [0.1, 0.15) is 0 Å². The first kappa shape index (κ1) is 37.0. The van der Waals surface area contributed by atoms with Crippen LogP contribution in [0.5, 0.6) is 0 Å². The largest absolute Gasteiger partial charge is 0.304 e. The van der Waals surface area contributed by atoms with E-state index in [4.69, 9.17) is 15.0 Å². The Morgan fingerprint density at radius 2 is 0.458 bits per heavy atom. The van der Waals surface area contributed by atoms with Crippen molar-refractivity contribution >= 4 is 75.0 Å². The summed E-state index contributed by atoms with van der Waals surface area (Å²) in [6.07, 6.45) is 0. The second-order valence-electron chi connectivity index (χ2n) is 13.7. The highest BCUT2D eigenvalue weighted by molar-refractivity contribution is 7.84. The summed E-state index contributed by atoms with van der Waals surface area (Å²) in [4.78, 5) is 22.1. The van der Waals surface area contributed by atoms with E-state index in [-0.39, 0.29) is 0 Å². The zero-order chi connectivity index (χ0) is 39.9. The Morgan fingerprint density at radius 1 is 0.254 bits per heavy atom. The lowest BCUT2D eigenvalue weighted by molar-refractivity contribution is 0.591. The van der Waals surface area contributed by atoms with Gasteiger partial charge in [0.05, 0.1) is 0 Å². The van der Waals surface area contributed by atoms with Gasteiger partial charge in [-0.2, -0.15) is 0 Å². The maximum atomic E-state index is 16.7. The standard InChI is InChI=1S/C51H39N6OP/c58-59(49-37-19-34-46(52-49)55(40-22-7-1-8-23-40)41-24-9-2-10-25-41,50-38-20-35-47(53-50)56(42-26-11-3-12-27-42)43-28-13-4-14-29-43)51-39-21-36-48(54-51)57(44-30-15-5-16-31-44)45-32-17-6-18-33-45/h1-39H. The van der Waals surface area contributed by atoms with Crippen LogP contribution in [0.3, 0.4) is 0 Å². The normalized spacial score (nSPS) is 11.1. The molecular weight excluding hydrogens is 744 g/mol. The highest BCUT2D eigenvalue weighted by Crippen LogP contribution is 2.44. The van der Waals surface area contributed by atoms with Crippen molar-refractivity contribution in [2.24, 2.45) is 0 Å². The van der Waals surface area contributed by atoms with Crippen molar-refractivity contribution < 1.29 is 4.57 Å². The molecule has 0 radical (unpaired) electrons. The van der Waals surface area contributed by atoms with E-state index in [1.165, 1.54) is 0 Å². The third kappa shape index (κ3) is 7.63. The van der Waals surface area contributed by atoms with E-state index < -0.39 is 7.14 Å². The fraction of sp³-hybridized carbons (Fsp3) is 0. The van der Waals surface area contributed by atoms with E-state index in [1.807, 2.05) is 237 Å². The molecule has 284 valence electrons. The van der Waals surface area contributed by atoms with Crippen molar-refractivity contribution in [3.8, 4) is 0 Å². The number of aromatic nitrogens is 3. The quantitative estimate of drug-likeness (QED) is 0.114. The summed E-state index contributed by atoms with van der Waals surface area (Å²) < 4.78 is 16.7. The smallest absolute Gasteiger partial charge is 0.223 e. The predicted molar refractivity (Wildman–Crippen MR) is 243 cm³/mol. The number of anilines is 9. The molecule has 9 rings (SSSR count). The molecule has 3 aromatic heterocycles. The molecule has 0 unspecified atom stereocenters. The zero-order valence-electron chi connectivity index (χ0n) is 32.1. The molecule has 3 heterocycles. The van der Waals surface area contributed by atoms with Gasteiger partial charge in [0.2, 0.25) is 7.14 Å². The molecule has 0 bridgehead atoms. The second-order valence-corrected chi connectivity index (χ2v) is 16.3. The highest BCUT2D eigenvalue weighted by atomic mass is 31.2. The Labute approximate surface area is 344 Å². The van der Waals surface area contributed by atoms with Crippen LogP contribution in [-0.2, 0) is 4.57 Å². The molecule has 7 nitrogen and oxygen atoms in total. The fourth-order valence-corrected chi connectivity index (χ4v) is 9.51. The maximum Gasteiger partial charge on any atom is 0.223 e. The maximum absolute atomic E-state index is 16.7. The Morgan fingerprint density at radius 3 is 0.661 bits per heavy atom. The van der Waals surface area contributed by atoms with E-state index in [9.17, 15) is 0 Å². The zero-order valence-corrected chi connectivity index (χ0v) is 32.9. The van der Waals surface area contributed by atoms with Crippen molar-refractivity contribution in [1.82, 2.24) is 15.0 Å². The lowest BCUT2D eigenvalue weighted by atomic mass is 10.2. The van der Waals surface area contributed by atoms with Gasteiger partial charge in [0.1, 0.15) is 33.8 Å². The average Bonchev–Trinajstić information content (AvgIpc) is 3.31. The minimum Gasteiger partial charge on any atom is -0.304 e. The number of pyridine rings is 3. The van der Waals surface area contributed by atoms with Crippen molar-refractivity contribution in [3.05, 3.63) is 237 Å². The van der Waals surface area contributed by atoms with Gasteiger partial charge in [0.25, 0.3) is 0 Å². The molecule has 0 N–H and O–H groups in total. The van der Waals surface area contributed by atoms with Crippen molar-refractivity contribution in [2.45, 2.75) is 0 Å². The lowest BCUT2D eigenvalue weighted by Gasteiger charge is -2.28. The van der Waals surface area contributed by atoms with Gasteiger partial charge >= 0.3 is 0 Å².